The fraction of sp³-hybridized carbons (Fsp3) is 0.611. The summed E-state index contributed by atoms with van der Waals surface area (Å²) >= 11 is 1.18. The summed E-state index contributed by atoms with van der Waals surface area (Å²) in [6.07, 6.45) is 3.76. The van der Waals surface area contributed by atoms with Crippen LogP contribution in [0.15, 0.2) is 6.07 Å². The Morgan fingerprint density at radius 2 is 1.56 bits per heavy atom. The van der Waals surface area contributed by atoms with Gasteiger partial charge in [0.05, 0.1) is 5.69 Å². The second-order valence-corrected chi connectivity index (χ2v) is 7.90. The third kappa shape index (κ3) is 3.87. The molecule has 0 N–H and O–H groups in total. The Morgan fingerprint density at radius 3 is 2.15 bits per heavy atom. The third-order valence-corrected chi connectivity index (χ3v) is 6.04. The van der Waals surface area contributed by atoms with Gasteiger partial charge < -0.3 is 14.7 Å². The minimum absolute atomic E-state index is 0.0371. The maximum absolute atomic E-state index is 12.6. The minimum atomic E-state index is 0.0371. The van der Waals surface area contributed by atoms with Gasteiger partial charge in [-0.05, 0) is 44.6 Å². The number of rotatable bonds is 3. The number of aryl methyl sites for hydroxylation is 2. The van der Waals surface area contributed by atoms with Crippen LogP contribution in [0.3, 0.4) is 0 Å². The van der Waals surface area contributed by atoms with Crippen LogP contribution in [-0.2, 0) is 0 Å². The Kier molecular flexibility index (Phi) is 5.20. The predicted octanol–water partition coefficient (Wildman–Crippen LogP) is 1.90. The molecule has 2 aliphatic rings. The maximum atomic E-state index is 12.6. The Balaban J connectivity index is 1.44. The van der Waals surface area contributed by atoms with E-state index in [9.17, 15) is 4.79 Å². The molecule has 8 nitrogen and oxygen atoms in total. The number of hydrogen-bond acceptors (Lipinski definition) is 8. The molecule has 0 spiro atoms. The number of piperidine rings is 1. The van der Waals surface area contributed by atoms with E-state index in [0.29, 0.717) is 23.7 Å². The van der Waals surface area contributed by atoms with Crippen molar-refractivity contribution < 1.29 is 4.79 Å². The van der Waals surface area contributed by atoms with Gasteiger partial charge in [0.25, 0.3) is 5.91 Å². The zero-order valence-corrected chi connectivity index (χ0v) is 16.7. The van der Waals surface area contributed by atoms with Crippen LogP contribution in [0.1, 0.15) is 40.5 Å². The van der Waals surface area contributed by atoms with E-state index < -0.39 is 0 Å². The predicted molar refractivity (Wildman–Crippen MR) is 106 cm³/mol. The largest absolute Gasteiger partial charge is 0.356 e. The van der Waals surface area contributed by atoms with Crippen LogP contribution < -0.4 is 9.80 Å². The van der Waals surface area contributed by atoms with E-state index >= 15 is 0 Å². The van der Waals surface area contributed by atoms with E-state index in [0.717, 1.165) is 43.6 Å². The molecule has 2 aromatic heterocycles. The maximum Gasteiger partial charge on any atom is 0.267 e. The van der Waals surface area contributed by atoms with E-state index in [-0.39, 0.29) is 5.91 Å². The van der Waals surface area contributed by atoms with E-state index in [1.807, 2.05) is 18.7 Å². The molecule has 9 heteroatoms. The van der Waals surface area contributed by atoms with Crippen molar-refractivity contribution in [1.29, 1.82) is 0 Å². The lowest BCUT2D eigenvalue weighted by molar-refractivity contribution is 0.0750. The van der Waals surface area contributed by atoms with Gasteiger partial charge in [0.15, 0.2) is 0 Å². The molecule has 4 rings (SSSR count). The van der Waals surface area contributed by atoms with Crippen LogP contribution in [0.2, 0.25) is 0 Å². The van der Waals surface area contributed by atoms with Crippen molar-refractivity contribution in [3.63, 3.8) is 0 Å². The van der Waals surface area contributed by atoms with Gasteiger partial charge in [-0.2, -0.15) is 0 Å². The van der Waals surface area contributed by atoms with Gasteiger partial charge in [0, 0.05) is 45.3 Å². The molecule has 4 heterocycles. The number of anilines is 2. The van der Waals surface area contributed by atoms with Crippen molar-refractivity contribution in [3.8, 4) is 0 Å². The number of aromatic nitrogens is 4. The molecule has 1 amide bonds. The molecule has 144 valence electrons. The van der Waals surface area contributed by atoms with Crippen LogP contribution in [0.5, 0.6) is 0 Å². The normalized spacial score (nSPS) is 18.1. The van der Waals surface area contributed by atoms with Crippen molar-refractivity contribution in [2.24, 2.45) is 0 Å². The SMILES string of the molecule is Cc1nc(N2CCCCC2)cc(N2CCN(C(=O)c3snnc3C)CC2)n1. The molecular weight excluding hydrogens is 362 g/mol. The monoisotopic (exact) mass is 387 g/mol. The van der Waals surface area contributed by atoms with Gasteiger partial charge >= 0.3 is 0 Å². The molecule has 0 atom stereocenters. The van der Waals surface area contributed by atoms with E-state index in [1.165, 1.54) is 30.8 Å². The smallest absolute Gasteiger partial charge is 0.267 e. The molecule has 0 aliphatic carbocycles. The van der Waals surface area contributed by atoms with Gasteiger partial charge in [-0.3, -0.25) is 4.79 Å². The van der Waals surface area contributed by atoms with Gasteiger partial charge in [-0.25, -0.2) is 9.97 Å². The second-order valence-electron chi connectivity index (χ2n) is 7.15. The number of carbonyl (C=O) groups excluding carboxylic acids is 1. The Labute approximate surface area is 163 Å². The molecule has 2 fully saturated rings. The molecule has 2 saturated heterocycles. The highest BCUT2D eigenvalue weighted by Crippen LogP contribution is 2.24. The van der Waals surface area contributed by atoms with Crippen LogP contribution >= 0.6 is 11.5 Å². The lowest BCUT2D eigenvalue weighted by Gasteiger charge is -2.36. The third-order valence-electron chi connectivity index (χ3n) is 5.23. The van der Waals surface area contributed by atoms with Crippen LogP contribution in [0.4, 0.5) is 11.6 Å². The standard InChI is InChI=1S/C18H25N7OS/c1-13-17(27-22-21-13)18(26)25-10-8-24(9-11-25)16-12-15(19-14(2)20-16)23-6-4-3-5-7-23/h12H,3-11H2,1-2H3. The van der Waals surface area contributed by atoms with Gasteiger partial charge in [0.2, 0.25) is 0 Å². The molecule has 0 unspecified atom stereocenters. The summed E-state index contributed by atoms with van der Waals surface area (Å²) in [6.45, 7) is 8.83. The van der Waals surface area contributed by atoms with Crippen LogP contribution in [0, 0.1) is 13.8 Å². The molecule has 0 radical (unpaired) electrons. The van der Waals surface area contributed by atoms with E-state index in [4.69, 9.17) is 0 Å². The highest BCUT2D eigenvalue weighted by atomic mass is 32.1. The quantitative estimate of drug-likeness (QED) is 0.796. The molecular formula is C18H25N7OS. The fourth-order valence-electron chi connectivity index (χ4n) is 3.69. The molecule has 2 aromatic rings. The van der Waals surface area contributed by atoms with Crippen molar-refractivity contribution >= 4 is 29.1 Å². The van der Waals surface area contributed by atoms with E-state index in [1.54, 1.807) is 0 Å². The van der Waals surface area contributed by atoms with Gasteiger partial charge in [0.1, 0.15) is 22.3 Å². The van der Waals surface area contributed by atoms with E-state index in [2.05, 4.69) is 35.4 Å². The summed E-state index contributed by atoms with van der Waals surface area (Å²) < 4.78 is 3.88. The van der Waals surface area contributed by atoms with Crippen LogP contribution in [0.25, 0.3) is 0 Å². The molecule has 0 bridgehead atoms. The van der Waals surface area contributed by atoms with Gasteiger partial charge in [-0.1, -0.05) is 4.49 Å². The average molecular weight is 388 g/mol. The zero-order valence-electron chi connectivity index (χ0n) is 15.9. The number of piperazine rings is 1. The first-order valence-electron chi connectivity index (χ1n) is 9.55. The summed E-state index contributed by atoms with van der Waals surface area (Å²) in [5, 5.41) is 3.95. The topological polar surface area (TPSA) is 78.4 Å². The zero-order chi connectivity index (χ0) is 18.8. The Morgan fingerprint density at radius 1 is 0.926 bits per heavy atom. The molecule has 0 saturated carbocycles. The van der Waals surface area contributed by atoms with Gasteiger partial charge in [-0.15, -0.1) is 5.10 Å². The number of carbonyl (C=O) groups is 1. The number of nitrogens with zero attached hydrogens (tertiary/aromatic N) is 7. The number of hydrogen-bond donors (Lipinski definition) is 0. The second kappa shape index (κ2) is 7.75. The first kappa shape index (κ1) is 18.1. The summed E-state index contributed by atoms with van der Waals surface area (Å²) in [4.78, 5) is 29.1. The lowest BCUT2D eigenvalue weighted by atomic mass is 10.1. The highest BCUT2D eigenvalue weighted by molar-refractivity contribution is 7.07. The minimum Gasteiger partial charge on any atom is -0.356 e. The first-order valence-corrected chi connectivity index (χ1v) is 10.3. The summed E-state index contributed by atoms with van der Waals surface area (Å²) in [6, 6.07) is 2.10. The average Bonchev–Trinajstić information content (AvgIpc) is 3.13. The summed E-state index contributed by atoms with van der Waals surface area (Å²) in [5.74, 6) is 2.83. The summed E-state index contributed by atoms with van der Waals surface area (Å²) in [7, 11) is 0. The van der Waals surface area contributed by atoms with Crippen molar-refractivity contribution in [1.82, 2.24) is 24.5 Å². The van der Waals surface area contributed by atoms with Crippen molar-refractivity contribution in [2.45, 2.75) is 33.1 Å². The first-order chi connectivity index (χ1) is 13.1. The fourth-order valence-corrected chi connectivity index (χ4v) is 4.32. The van der Waals surface area contributed by atoms with Crippen molar-refractivity contribution in [2.75, 3.05) is 49.1 Å². The Hall–Kier alpha value is -2.29. The molecule has 27 heavy (non-hydrogen) atoms. The lowest BCUT2D eigenvalue weighted by Crippen LogP contribution is -2.49. The Bertz CT molecular complexity index is 810. The van der Waals surface area contributed by atoms with Crippen LogP contribution in [-0.4, -0.2) is 69.6 Å². The summed E-state index contributed by atoms with van der Waals surface area (Å²) in [5.41, 5.74) is 0.713. The molecule has 0 aromatic carbocycles. The molecule has 2 aliphatic heterocycles. The van der Waals surface area contributed by atoms with Crippen molar-refractivity contribution in [3.05, 3.63) is 22.5 Å². The highest BCUT2D eigenvalue weighted by Gasteiger charge is 2.26. The number of amides is 1.